The molecule has 0 spiro atoms. The fourth-order valence-corrected chi connectivity index (χ4v) is 1.37. The summed E-state index contributed by atoms with van der Waals surface area (Å²) >= 11 is 0. The van der Waals surface area contributed by atoms with Gasteiger partial charge in [-0.2, -0.15) is 0 Å². The summed E-state index contributed by atoms with van der Waals surface area (Å²) in [5.74, 6) is 0.876. The van der Waals surface area contributed by atoms with Crippen LogP contribution in [0.15, 0.2) is 48.9 Å². The first kappa shape index (κ1) is 9.45. The Kier molecular flexibility index (Phi) is 2.25. The number of aryl methyl sites for hydroxylation is 1. The van der Waals surface area contributed by atoms with Crippen LogP contribution in [-0.2, 0) is 0 Å². The van der Waals surface area contributed by atoms with Crippen molar-refractivity contribution in [2.75, 3.05) is 4.90 Å². The summed E-state index contributed by atoms with van der Waals surface area (Å²) in [6.07, 6.45) is 8.33. The Balaban J connectivity index is 2.42. The topological polar surface area (TPSA) is 49.2 Å². The highest BCUT2D eigenvalue weighted by molar-refractivity contribution is 5.59. The quantitative estimate of drug-likeness (QED) is 0.755. The van der Waals surface area contributed by atoms with Crippen LogP contribution in [-0.4, -0.2) is 15.1 Å². The van der Waals surface area contributed by atoms with Crippen molar-refractivity contribution in [1.29, 1.82) is 0 Å². The normalized spacial score (nSPS) is 15.4. The van der Waals surface area contributed by atoms with E-state index in [2.05, 4.69) is 16.5 Å². The lowest BCUT2D eigenvalue weighted by Crippen LogP contribution is -2.20. The molecule has 4 nitrogen and oxygen atoms in total. The summed E-state index contributed by atoms with van der Waals surface area (Å²) in [6, 6.07) is 0. The van der Waals surface area contributed by atoms with E-state index in [-0.39, 0.29) is 5.76 Å². The third-order valence-corrected chi connectivity index (χ3v) is 2.17. The summed E-state index contributed by atoms with van der Waals surface area (Å²) in [7, 11) is 0. The van der Waals surface area contributed by atoms with Gasteiger partial charge in [0.2, 0.25) is 0 Å². The van der Waals surface area contributed by atoms with Crippen molar-refractivity contribution in [3.63, 3.8) is 0 Å². The molecule has 1 aliphatic heterocycles. The highest BCUT2D eigenvalue weighted by atomic mass is 16.3. The molecular formula is C11H11N3O. The maximum Gasteiger partial charge on any atom is 0.143 e. The van der Waals surface area contributed by atoms with Gasteiger partial charge in [0.05, 0.1) is 5.70 Å². The zero-order chi connectivity index (χ0) is 10.8. The Bertz CT molecular complexity index is 463. The van der Waals surface area contributed by atoms with E-state index in [9.17, 15) is 5.11 Å². The van der Waals surface area contributed by atoms with Gasteiger partial charge in [-0.05, 0) is 19.1 Å². The van der Waals surface area contributed by atoms with E-state index < -0.39 is 0 Å². The number of anilines is 1. The van der Waals surface area contributed by atoms with Crippen LogP contribution in [0.25, 0.3) is 0 Å². The molecule has 1 N–H and O–H groups in total. The van der Waals surface area contributed by atoms with Crippen molar-refractivity contribution < 1.29 is 5.11 Å². The fourth-order valence-electron chi connectivity index (χ4n) is 1.37. The smallest absolute Gasteiger partial charge is 0.143 e. The number of aromatic nitrogens is 2. The van der Waals surface area contributed by atoms with Gasteiger partial charge in [-0.1, -0.05) is 6.58 Å². The third-order valence-electron chi connectivity index (χ3n) is 2.17. The summed E-state index contributed by atoms with van der Waals surface area (Å²) < 4.78 is 0. The maximum atomic E-state index is 9.53. The van der Waals surface area contributed by atoms with Gasteiger partial charge in [-0.3, -0.25) is 4.90 Å². The van der Waals surface area contributed by atoms with Crippen LogP contribution >= 0.6 is 0 Å². The van der Waals surface area contributed by atoms with Crippen LogP contribution in [0.5, 0.6) is 0 Å². The van der Waals surface area contributed by atoms with Gasteiger partial charge in [0, 0.05) is 18.0 Å². The van der Waals surface area contributed by atoms with Crippen LogP contribution in [0.4, 0.5) is 5.82 Å². The van der Waals surface area contributed by atoms with E-state index in [0.29, 0.717) is 5.70 Å². The molecular weight excluding hydrogens is 190 g/mol. The standard InChI is InChI=1S/C11H11N3O/c1-8-6-12-7-13-11(8)14-5-3-4-10(15)9(14)2/h3-7,15H,2H2,1H3. The van der Waals surface area contributed by atoms with E-state index in [4.69, 9.17) is 0 Å². The Hall–Kier alpha value is -2.10. The zero-order valence-corrected chi connectivity index (χ0v) is 8.38. The summed E-state index contributed by atoms with van der Waals surface area (Å²) in [6.45, 7) is 5.70. The van der Waals surface area contributed by atoms with Crippen LogP contribution in [0, 0.1) is 6.92 Å². The first-order chi connectivity index (χ1) is 7.20. The van der Waals surface area contributed by atoms with Crippen LogP contribution in [0.3, 0.4) is 0 Å². The molecule has 0 atom stereocenters. The van der Waals surface area contributed by atoms with Gasteiger partial charge >= 0.3 is 0 Å². The monoisotopic (exact) mass is 201 g/mol. The van der Waals surface area contributed by atoms with Gasteiger partial charge < -0.3 is 5.11 Å². The third kappa shape index (κ3) is 1.61. The molecule has 0 amide bonds. The van der Waals surface area contributed by atoms with Crippen molar-refractivity contribution in [2.24, 2.45) is 0 Å². The van der Waals surface area contributed by atoms with Crippen LogP contribution in [0.2, 0.25) is 0 Å². The molecule has 0 aliphatic carbocycles. The highest BCUT2D eigenvalue weighted by Crippen LogP contribution is 2.25. The molecule has 4 heteroatoms. The molecule has 2 rings (SSSR count). The molecule has 0 saturated heterocycles. The number of hydrogen-bond acceptors (Lipinski definition) is 4. The summed E-state index contributed by atoms with van der Waals surface area (Å²) in [5, 5.41) is 9.53. The minimum atomic E-state index is 0.149. The summed E-state index contributed by atoms with van der Waals surface area (Å²) in [5.41, 5.74) is 1.44. The van der Waals surface area contributed by atoms with E-state index in [1.54, 1.807) is 29.4 Å². The molecule has 0 aromatic carbocycles. The lowest BCUT2D eigenvalue weighted by atomic mass is 10.2. The average Bonchev–Trinajstić information content (AvgIpc) is 2.23. The molecule has 0 saturated carbocycles. The molecule has 1 aromatic heterocycles. The largest absolute Gasteiger partial charge is 0.506 e. The Morgan fingerprint density at radius 2 is 2.27 bits per heavy atom. The molecule has 1 aliphatic rings. The minimum Gasteiger partial charge on any atom is -0.506 e. The average molecular weight is 201 g/mol. The Labute approximate surface area is 87.9 Å². The van der Waals surface area contributed by atoms with E-state index in [1.165, 1.54) is 6.33 Å². The second-order valence-electron chi connectivity index (χ2n) is 3.24. The molecule has 15 heavy (non-hydrogen) atoms. The molecule has 1 aromatic rings. The molecule has 0 bridgehead atoms. The van der Waals surface area contributed by atoms with Crippen molar-refractivity contribution in [2.45, 2.75) is 6.92 Å². The SMILES string of the molecule is C=C1C(O)=CC=CN1c1ncncc1C. The molecule has 2 heterocycles. The van der Waals surface area contributed by atoms with E-state index in [1.807, 2.05) is 6.92 Å². The van der Waals surface area contributed by atoms with Crippen molar-refractivity contribution in [3.05, 3.63) is 54.5 Å². The fraction of sp³-hybridized carbons (Fsp3) is 0.0909. The van der Waals surface area contributed by atoms with Gasteiger partial charge in [0.25, 0.3) is 0 Å². The molecule has 0 unspecified atom stereocenters. The maximum absolute atomic E-state index is 9.53. The first-order valence-electron chi connectivity index (χ1n) is 4.52. The Morgan fingerprint density at radius 1 is 1.47 bits per heavy atom. The molecule has 0 radical (unpaired) electrons. The Morgan fingerprint density at radius 3 is 3.00 bits per heavy atom. The predicted octanol–water partition coefficient (Wildman–Crippen LogP) is 2.07. The van der Waals surface area contributed by atoms with Gasteiger partial charge in [-0.25, -0.2) is 9.97 Å². The van der Waals surface area contributed by atoms with Crippen LogP contribution < -0.4 is 4.90 Å². The number of rotatable bonds is 1. The van der Waals surface area contributed by atoms with Gasteiger partial charge in [0.1, 0.15) is 17.9 Å². The molecule has 0 fully saturated rings. The van der Waals surface area contributed by atoms with E-state index in [0.717, 1.165) is 11.4 Å². The lowest BCUT2D eigenvalue weighted by molar-refractivity contribution is 0.420. The lowest BCUT2D eigenvalue weighted by Gasteiger charge is -2.24. The summed E-state index contributed by atoms with van der Waals surface area (Å²) in [4.78, 5) is 9.79. The van der Waals surface area contributed by atoms with Crippen molar-refractivity contribution in [3.8, 4) is 0 Å². The molecule has 76 valence electrons. The second kappa shape index (κ2) is 3.57. The number of aliphatic hydroxyl groups excluding tert-OH is 1. The number of allylic oxidation sites excluding steroid dienone is 2. The zero-order valence-electron chi connectivity index (χ0n) is 8.38. The number of aliphatic hydroxyl groups is 1. The van der Waals surface area contributed by atoms with Crippen molar-refractivity contribution >= 4 is 5.82 Å². The van der Waals surface area contributed by atoms with E-state index >= 15 is 0 Å². The van der Waals surface area contributed by atoms with Gasteiger partial charge in [-0.15, -0.1) is 0 Å². The van der Waals surface area contributed by atoms with Crippen molar-refractivity contribution in [1.82, 2.24) is 9.97 Å². The number of hydrogen-bond donors (Lipinski definition) is 1. The highest BCUT2D eigenvalue weighted by Gasteiger charge is 2.16. The van der Waals surface area contributed by atoms with Crippen LogP contribution in [0.1, 0.15) is 5.56 Å². The van der Waals surface area contributed by atoms with Gasteiger partial charge in [0.15, 0.2) is 0 Å². The predicted molar refractivity (Wildman–Crippen MR) is 58.2 cm³/mol. The number of nitrogens with zero attached hydrogens (tertiary/aromatic N) is 3. The second-order valence-corrected chi connectivity index (χ2v) is 3.24. The minimum absolute atomic E-state index is 0.149. The first-order valence-corrected chi connectivity index (χ1v) is 4.52.